The van der Waals surface area contributed by atoms with E-state index in [9.17, 15) is 24.6 Å². The van der Waals surface area contributed by atoms with Gasteiger partial charge in [0, 0.05) is 45.1 Å². The molecule has 1 aromatic rings. The van der Waals surface area contributed by atoms with Gasteiger partial charge in [-0.05, 0) is 52.3 Å². The van der Waals surface area contributed by atoms with Gasteiger partial charge in [-0.25, -0.2) is 4.79 Å². The van der Waals surface area contributed by atoms with Gasteiger partial charge in [-0.3, -0.25) is 9.59 Å². The van der Waals surface area contributed by atoms with Crippen molar-refractivity contribution >= 4 is 23.9 Å². The van der Waals surface area contributed by atoms with E-state index in [2.05, 4.69) is 13.2 Å². The van der Waals surface area contributed by atoms with Crippen molar-refractivity contribution in [3.05, 3.63) is 85.2 Å². The highest BCUT2D eigenvalue weighted by molar-refractivity contribution is 6.23. The molecule has 5 unspecified atom stereocenters. The van der Waals surface area contributed by atoms with Gasteiger partial charge in [0.15, 0.2) is 22.9 Å². The molecule has 0 amide bonds. The third-order valence-corrected chi connectivity index (χ3v) is 8.01. The van der Waals surface area contributed by atoms with E-state index in [-0.39, 0.29) is 27.9 Å². The predicted molar refractivity (Wildman–Crippen MR) is 143 cm³/mol. The summed E-state index contributed by atoms with van der Waals surface area (Å²) in [5.74, 6) is -1.12. The van der Waals surface area contributed by atoms with Crippen molar-refractivity contribution < 1.29 is 34.0 Å². The van der Waals surface area contributed by atoms with Crippen LogP contribution in [-0.2, 0) is 19.9 Å². The highest BCUT2D eigenvalue weighted by Gasteiger charge is 2.63. The van der Waals surface area contributed by atoms with Crippen LogP contribution in [0, 0.1) is 0 Å². The Kier molecular flexibility index (Phi) is 6.29. The first-order valence-electron chi connectivity index (χ1n) is 12.7. The average molecular weight is 534 g/mol. The maximum atomic E-state index is 13.7. The van der Waals surface area contributed by atoms with Gasteiger partial charge in [-0.1, -0.05) is 18.7 Å². The van der Waals surface area contributed by atoms with Crippen LogP contribution in [0.1, 0.15) is 50.5 Å². The molecule has 5 atom stereocenters. The molecule has 1 aliphatic carbocycles. The first-order chi connectivity index (χ1) is 18.4. The second-order valence-electron chi connectivity index (χ2n) is 10.3. The number of ketones is 1. The molecule has 0 radical (unpaired) electrons. The van der Waals surface area contributed by atoms with E-state index < -0.39 is 41.6 Å². The monoisotopic (exact) mass is 533 g/mol. The fourth-order valence-corrected chi connectivity index (χ4v) is 5.80. The zero-order valence-corrected chi connectivity index (χ0v) is 22.5. The Morgan fingerprint density at radius 3 is 2.64 bits per heavy atom. The van der Waals surface area contributed by atoms with E-state index in [0.29, 0.717) is 28.5 Å². The SMILES string of the molecule is C=CCN1C(C)=CC2=c3c(cc(=O)c4c(c3=C)OC3OC(C)C(OC(=O)C(C)=CC)C(O)C43O)C(=O)C2=C1C. The average Bonchev–Trinajstić information content (AvgIpc) is 3.30. The molecule has 4 aliphatic rings. The number of aliphatic hydroxyl groups excluding tert-OH is 1. The van der Waals surface area contributed by atoms with Gasteiger partial charge in [-0.15, -0.1) is 6.58 Å². The summed E-state index contributed by atoms with van der Waals surface area (Å²) < 4.78 is 17.3. The minimum Gasteiger partial charge on any atom is -0.460 e. The van der Waals surface area contributed by atoms with Crippen molar-refractivity contribution in [1.29, 1.82) is 0 Å². The largest absolute Gasteiger partial charge is 0.460 e. The second-order valence-corrected chi connectivity index (χ2v) is 10.3. The van der Waals surface area contributed by atoms with E-state index in [1.165, 1.54) is 0 Å². The van der Waals surface area contributed by atoms with Gasteiger partial charge < -0.3 is 29.3 Å². The molecule has 39 heavy (non-hydrogen) atoms. The van der Waals surface area contributed by atoms with Crippen LogP contribution in [0.25, 0.3) is 12.2 Å². The van der Waals surface area contributed by atoms with E-state index in [0.717, 1.165) is 17.5 Å². The Hall–Kier alpha value is -3.79. The molecule has 1 fully saturated rings. The van der Waals surface area contributed by atoms with Crippen molar-refractivity contribution in [3.8, 4) is 5.75 Å². The van der Waals surface area contributed by atoms with Crippen molar-refractivity contribution in [2.24, 2.45) is 0 Å². The van der Waals surface area contributed by atoms with Crippen LogP contribution in [0.5, 0.6) is 5.75 Å². The van der Waals surface area contributed by atoms with Crippen molar-refractivity contribution in [1.82, 2.24) is 4.90 Å². The molecule has 0 aromatic heterocycles. The maximum Gasteiger partial charge on any atom is 0.333 e. The third kappa shape index (κ3) is 3.61. The molecule has 9 nitrogen and oxygen atoms in total. The second kappa shape index (κ2) is 9.15. The summed E-state index contributed by atoms with van der Waals surface area (Å²) in [6.45, 7) is 17.0. The van der Waals surface area contributed by atoms with E-state index in [1.54, 1.807) is 32.9 Å². The summed E-state index contributed by atoms with van der Waals surface area (Å²) in [5, 5.41) is 23.8. The van der Waals surface area contributed by atoms with Crippen LogP contribution >= 0.6 is 0 Å². The molecule has 1 saturated heterocycles. The highest BCUT2D eigenvalue weighted by Crippen LogP contribution is 2.46. The van der Waals surface area contributed by atoms with Gasteiger partial charge in [0.05, 0.1) is 11.7 Å². The number of esters is 1. The zero-order chi connectivity index (χ0) is 28.5. The highest BCUT2D eigenvalue weighted by atomic mass is 16.7. The van der Waals surface area contributed by atoms with Crippen molar-refractivity contribution in [2.75, 3.05) is 6.54 Å². The lowest BCUT2D eigenvalue weighted by molar-refractivity contribution is -0.309. The summed E-state index contributed by atoms with van der Waals surface area (Å²) >= 11 is 0. The minimum atomic E-state index is -2.38. The summed E-state index contributed by atoms with van der Waals surface area (Å²) in [6.07, 6.45) is -0.267. The third-order valence-electron chi connectivity index (χ3n) is 8.01. The first kappa shape index (κ1) is 26.8. The lowest BCUT2D eigenvalue weighted by Crippen LogP contribution is -2.64. The number of fused-ring (bicyclic) bond motifs is 5. The normalized spacial score (nSPS) is 29.3. The first-order valence-corrected chi connectivity index (χ1v) is 12.7. The molecule has 0 saturated carbocycles. The molecule has 0 spiro atoms. The Balaban J connectivity index is 1.73. The molecule has 204 valence electrons. The number of aliphatic hydroxyl groups is 2. The Labute approximate surface area is 225 Å². The summed E-state index contributed by atoms with van der Waals surface area (Å²) in [4.78, 5) is 41.8. The van der Waals surface area contributed by atoms with Gasteiger partial charge in [0.2, 0.25) is 6.29 Å². The Morgan fingerprint density at radius 2 is 2.00 bits per heavy atom. The molecule has 0 bridgehead atoms. The van der Waals surface area contributed by atoms with E-state index in [1.807, 2.05) is 24.8 Å². The van der Waals surface area contributed by atoms with Crippen LogP contribution in [-0.4, -0.2) is 58.0 Å². The lowest BCUT2D eigenvalue weighted by Gasteiger charge is -2.44. The molecule has 5 rings (SSSR count). The molecule has 3 heterocycles. The molecule has 3 aliphatic heterocycles. The number of Topliss-reactive ketones (excluding diaryl/α,β-unsaturated/α-hetero) is 1. The number of hydrogen-bond donors (Lipinski definition) is 2. The van der Waals surface area contributed by atoms with Gasteiger partial charge in [0.25, 0.3) is 0 Å². The number of hydrogen-bond acceptors (Lipinski definition) is 9. The van der Waals surface area contributed by atoms with E-state index >= 15 is 0 Å². The fraction of sp³-hybridized carbons (Fsp3) is 0.367. The molecule has 9 heteroatoms. The number of allylic oxidation sites excluding steroid dienone is 5. The van der Waals surface area contributed by atoms with E-state index in [4.69, 9.17) is 14.2 Å². The standard InChI is InChI=1S/C30H31NO8/c1-8-10-31-14(4)11-18-21-15(5)25-23(20(32)12-19(21)24(33)22(18)16(31)6)30(36)27(34)26(17(7)37-29(30)39-25)38-28(35)13(3)9-2/h8-9,11-12,17,26-27,29,34,36H,1,5,10H2,2-4,6-7H3. The van der Waals surface area contributed by atoms with Gasteiger partial charge in [-0.2, -0.15) is 0 Å². The topological polar surface area (TPSA) is 123 Å². The molecular weight excluding hydrogens is 502 g/mol. The van der Waals surface area contributed by atoms with Crippen molar-refractivity contribution in [3.63, 3.8) is 0 Å². The Morgan fingerprint density at radius 1 is 1.31 bits per heavy atom. The fourth-order valence-electron chi connectivity index (χ4n) is 5.80. The summed E-state index contributed by atoms with van der Waals surface area (Å²) in [6, 6.07) is 1.15. The Bertz CT molecular complexity index is 1620. The quantitative estimate of drug-likeness (QED) is 0.332. The van der Waals surface area contributed by atoms with Gasteiger partial charge >= 0.3 is 5.97 Å². The van der Waals surface area contributed by atoms with Crippen LogP contribution in [0.4, 0.5) is 0 Å². The zero-order valence-electron chi connectivity index (χ0n) is 22.5. The molecular formula is C30H31NO8. The van der Waals surface area contributed by atoms with Crippen LogP contribution in [0.3, 0.4) is 0 Å². The minimum absolute atomic E-state index is 0.0737. The van der Waals surface area contributed by atoms with Crippen LogP contribution in [0.15, 0.2) is 58.2 Å². The summed E-state index contributed by atoms with van der Waals surface area (Å²) in [5.41, 5.74) is -0.335. The smallest absolute Gasteiger partial charge is 0.333 e. The summed E-state index contributed by atoms with van der Waals surface area (Å²) in [7, 11) is 0. The number of nitrogens with zero attached hydrogens (tertiary/aromatic N) is 1. The molecule has 2 N–H and O–H groups in total. The lowest BCUT2D eigenvalue weighted by atomic mass is 9.82. The molecule has 1 aromatic carbocycles. The number of carbonyl (C=O) groups is 2. The van der Waals surface area contributed by atoms with Crippen molar-refractivity contribution in [2.45, 2.75) is 64.8 Å². The number of ether oxygens (including phenoxy) is 3. The van der Waals surface area contributed by atoms with Gasteiger partial charge in [0.1, 0.15) is 11.9 Å². The van der Waals surface area contributed by atoms with Crippen LogP contribution < -0.4 is 20.6 Å². The predicted octanol–water partition coefficient (Wildman–Crippen LogP) is 1.05. The number of rotatable bonds is 4. The number of carbonyl (C=O) groups excluding carboxylic acids is 2. The maximum absolute atomic E-state index is 13.7. The van der Waals surface area contributed by atoms with Crippen LogP contribution in [0.2, 0.25) is 0 Å².